The number of benzene rings is 1. The molecule has 1 aromatic carbocycles. The van der Waals surface area contributed by atoms with Crippen molar-refractivity contribution in [2.24, 2.45) is 0 Å². The molecule has 3 rings (SSSR count). The molecule has 0 N–H and O–H groups in total. The predicted molar refractivity (Wildman–Crippen MR) is 75.7 cm³/mol. The summed E-state index contributed by atoms with van der Waals surface area (Å²) in [5.74, 6) is 0.405. The van der Waals surface area contributed by atoms with E-state index < -0.39 is 6.29 Å². The number of aromatic nitrogens is 1. The molecule has 2 aromatic rings. The van der Waals surface area contributed by atoms with Crippen LogP contribution in [0.1, 0.15) is 37.5 Å². The van der Waals surface area contributed by atoms with E-state index in [2.05, 4.69) is 0 Å². The molecule has 0 amide bonds. The van der Waals surface area contributed by atoms with Gasteiger partial charge in [0.05, 0.1) is 5.69 Å². The van der Waals surface area contributed by atoms with Crippen LogP contribution in [0.4, 0.5) is 0 Å². The van der Waals surface area contributed by atoms with E-state index in [1.54, 1.807) is 12.3 Å². The second kappa shape index (κ2) is 5.13. The smallest absolute Gasteiger partial charge is 0.227 e. The highest BCUT2D eigenvalue weighted by atomic mass is 16.7. The minimum absolute atomic E-state index is 0.0965. The van der Waals surface area contributed by atoms with Gasteiger partial charge < -0.3 is 14.0 Å². The second-order valence-electron chi connectivity index (χ2n) is 4.82. The fourth-order valence-electron chi connectivity index (χ4n) is 2.52. The molecule has 0 fully saturated rings. The minimum Gasteiger partial charge on any atom is -0.455 e. The van der Waals surface area contributed by atoms with E-state index in [0.717, 1.165) is 17.8 Å². The van der Waals surface area contributed by atoms with Crippen LogP contribution in [0.25, 0.3) is 0 Å². The molecule has 2 heterocycles. The van der Waals surface area contributed by atoms with Gasteiger partial charge in [0.1, 0.15) is 6.10 Å². The highest BCUT2D eigenvalue weighted by molar-refractivity contribution is 5.33. The molecule has 0 saturated heterocycles. The van der Waals surface area contributed by atoms with Gasteiger partial charge in [-0.05, 0) is 13.8 Å². The third-order valence-electron chi connectivity index (χ3n) is 3.52. The van der Waals surface area contributed by atoms with E-state index in [4.69, 9.17) is 9.47 Å². The molecule has 104 valence electrons. The highest BCUT2D eigenvalue weighted by Crippen LogP contribution is 2.37. The number of ether oxygens (including phenoxy) is 2. The monoisotopic (exact) mass is 271 g/mol. The van der Waals surface area contributed by atoms with Gasteiger partial charge in [0.25, 0.3) is 0 Å². The molecular formula is C16H17NO3. The lowest BCUT2D eigenvalue weighted by atomic mass is 10.1. The zero-order valence-electron chi connectivity index (χ0n) is 11.6. The summed E-state index contributed by atoms with van der Waals surface area (Å²) in [6.45, 7) is 4.75. The molecule has 0 bridgehead atoms. The summed E-state index contributed by atoms with van der Waals surface area (Å²) in [5, 5.41) is 0. The molecule has 0 spiro atoms. The van der Waals surface area contributed by atoms with E-state index in [0.29, 0.717) is 5.75 Å². The molecular weight excluding hydrogens is 254 g/mol. The largest absolute Gasteiger partial charge is 0.455 e. The first-order valence-corrected chi connectivity index (χ1v) is 6.81. The standard InChI is InChI=1S/C16H17NO3/c1-3-17-10-9-13(18)15-14(17)11(2)19-16(20-15)12-7-5-4-6-8-12/h4-11,16H,3H2,1-2H3. The van der Waals surface area contributed by atoms with Gasteiger partial charge >= 0.3 is 0 Å². The van der Waals surface area contributed by atoms with Gasteiger partial charge in [-0.15, -0.1) is 0 Å². The van der Waals surface area contributed by atoms with Gasteiger partial charge in [0.15, 0.2) is 5.75 Å². The van der Waals surface area contributed by atoms with Crippen LogP contribution in [0.2, 0.25) is 0 Å². The second-order valence-corrected chi connectivity index (χ2v) is 4.82. The first-order valence-electron chi connectivity index (χ1n) is 6.81. The Kier molecular flexibility index (Phi) is 3.32. The van der Waals surface area contributed by atoms with E-state index >= 15 is 0 Å². The third-order valence-corrected chi connectivity index (χ3v) is 3.52. The fourth-order valence-corrected chi connectivity index (χ4v) is 2.52. The summed E-state index contributed by atoms with van der Waals surface area (Å²) in [6, 6.07) is 11.2. The Morgan fingerprint density at radius 3 is 2.65 bits per heavy atom. The number of fused-ring (bicyclic) bond motifs is 1. The van der Waals surface area contributed by atoms with Crippen molar-refractivity contribution in [1.82, 2.24) is 4.57 Å². The summed E-state index contributed by atoms with van der Waals surface area (Å²) < 4.78 is 13.7. The maximum absolute atomic E-state index is 12.1. The summed E-state index contributed by atoms with van der Waals surface area (Å²) in [4.78, 5) is 12.1. The number of rotatable bonds is 2. The number of nitrogens with zero attached hydrogens (tertiary/aromatic N) is 1. The number of hydrogen-bond acceptors (Lipinski definition) is 3. The van der Waals surface area contributed by atoms with Crippen molar-refractivity contribution >= 4 is 0 Å². The van der Waals surface area contributed by atoms with Gasteiger partial charge in [0.2, 0.25) is 11.7 Å². The predicted octanol–water partition coefficient (Wildman–Crippen LogP) is 3.04. The molecule has 1 aliphatic rings. The number of pyridine rings is 1. The van der Waals surface area contributed by atoms with Crippen LogP contribution in [0, 0.1) is 0 Å². The molecule has 1 aromatic heterocycles. The Balaban J connectivity index is 2.05. The normalized spacial score (nSPS) is 21.1. The summed E-state index contributed by atoms with van der Waals surface area (Å²) in [6.07, 6.45) is 1.07. The van der Waals surface area contributed by atoms with Crippen molar-refractivity contribution in [3.63, 3.8) is 0 Å². The lowest BCUT2D eigenvalue weighted by Gasteiger charge is -2.32. The van der Waals surface area contributed by atoms with Crippen LogP contribution in [0.15, 0.2) is 47.4 Å². The Morgan fingerprint density at radius 1 is 1.20 bits per heavy atom. The van der Waals surface area contributed by atoms with Gasteiger partial charge in [-0.2, -0.15) is 0 Å². The molecule has 0 aliphatic carbocycles. The molecule has 2 atom stereocenters. The molecule has 0 saturated carbocycles. The van der Waals surface area contributed by atoms with Crippen molar-refractivity contribution in [2.75, 3.05) is 0 Å². The van der Waals surface area contributed by atoms with E-state index in [1.165, 1.54) is 0 Å². The SMILES string of the molecule is CCn1ccc(=O)c2c1C(C)OC(c1ccccc1)O2. The first kappa shape index (κ1) is 12.9. The minimum atomic E-state index is -0.529. The molecule has 1 aliphatic heterocycles. The van der Waals surface area contributed by atoms with Crippen LogP contribution >= 0.6 is 0 Å². The number of aryl methyl sites for hydroxylation is 1. The van der Waals surface area contributed by atoms with Crippen molar-refractivity contribution in [3.05, 3.63) is 64.1 Å². The van der Waals surface area contributed by atoms with Gasteiger partial charge in [-0.1, -0.05) is 30.3 Å². The Hall–Kier alpha value is -2.07. The van der Waals surface area contributed by atoms with Crippen LogP contribution in [-0.4, -0.2) is 4.57 Å². The lowest BCUT2D eigenvalue weighted by Crippen LogP contribution is -2.28. The quantitative estimate of drug-likeness (QED) is 0.843. The van der Waals surface area contributed by atoms with Gasteiger partial charge in [-0.3, -0.25) is 4.79 Å². The molecule has 0 radical (unpaired) electrons. The first-order chi connectivity index (χ1) is 9.70. The third kappa shape index (κ3) is 2.12. The topological polar surface area (TPSA) is 40.5 Å². The van der Waals surface area contributed by atoms with Crippen molar-refractivity contribution in [3.8, 4) is 5.75 Å². The average Bonchev–Trinajstić information content (AvgIpc) is 2.49. The Bertz CT molecular complexity index is 663. The van der Waals surface area contributed by atoms with Gasteiger partial charge in [-0.25, -0.2) is 0 Å². The van der Waals surface area contributed by atoms with Crippen LogP contribution in [-0.2, 0) is 11.3 Å². The summed E-state index contributed by atoms with van der Waals surface area (Å²) >= 11 is 0. The highest BCUT2D eigenvalue weighted by Gasteiger charge is 2.30. The van der Waals surface area contributed by atoms with Crippen LogP contribution in [0.5, 0.6) is 5.75 Å². The maximum Gasteiger partial charge on any atom is 0.227 e. The van der Waals surface area contributed by atoms with Crippen molar-refractivity contribution in [2.45, 2.75) is 32.8 Å². The van der Waals surface area contributed by atoms with Crippen molar-refractivity contribution < 1.29 is 9.47 Å². The molecule has 20 heavy (non-hydrogen) atoms. The molecule has 4 nitrogen and oxygen atoms in total. The van der Waals surface area contributed by atoms with Crippen LogP contribution < -0.4 is 10.2 Å². The van der Waals surface area contributed by atoms with Crippen molar-refractivity contribution in [1.29, 1.82) is 0 Å². The molecule has 2 unspecified atom stereocenters. The van der Waals surface area contributed by atoms with E-state index in [-0.39, 0.29) is 11.5 Å². The van der Waals surface area contributed by atoms with E-state index in [1.807, 2.05) is 48.7 Å². The Labute approximate surface area is 117 Å². The summed E-state index contributed by atoms with van der Waals surface area (Å²) in [7, 11) is 0. The fraction of sp³-hybridized carbons (Fsp3) is 0.312. The molecule has 4 heteroatoms. The summed E-state index contributed by atoms with van der Waals surface area (Å²) in [5.41, 5.74) is 1.63. The average molecular weight is 271 g/mol. The Morgan fingerprint density at radius 2 is 1.95 bits per heavy atom. The maximum atomic E-state index is 12.1. The zero-order valence-corrected chi connectivity index (χ0v) is 11.6. The van der Waals surface area contributed by atoms with Crippen LogP contribution in [0.3, 0.4) is 0 Å². The lowest BCUT2D eigenvalue weighted by molar-refractivity contribution is -0.142. The number of hydrogen-bond donors (Lipinski definition) is 0. The van der Waals surface area contributed by atoms with Gasteiger partial charge in [0, 0.05) is 24.4 Å². The zero-order chi connectivity index (χ0) is 14.1. The van der Waals surface area contributed by atoms with E-state index in [9.17, 15) is 4.79 Å².